The molecule has 0 N–H and O–H groups in total. The maximum absolute atomic E-state index is 13.8. The van der Waals surface area contributed by atoms with Gasteiger partial charge < -0.3 is 18.8 Å². The summed E-state index contributed by atoms with van der Waals surface area (Å²) in [5.41, 5.74) is 3.38. The number of hydrogen-bond donors (Lipinski definition) is 0. The second kappa shape index (κ2) is 8.75. The number of nitrogens with zero attached hydrogens (tertiary/aromatic N) is 2. The zero-order chi connectivity index (χ0) is 22.9. The molecule has 1 aliphatic rings. The number of thiophene rings is 1. The third-order valence-electron chi connectivity index (χ3n) is 5.97. The minimum Gasteiger partial charge on any atom is -0.493 e. The van der Waals surface area contributed by atoms with Crippen LogP contribution in [0.4, 0.5) is 0 Å². The van der Waals surface area contributed by atoms with Gasteiger partial charge in [0.1, 0.15) is 5.76 Å². The molecule has 0 bridgehead atoms. The molecule has 33 heavy (non-hydrogen) atoms. The Kier molecular flexibility index (Phi) is 5.64. The molecule has 5 rings (SSSR count). The molecule has 168 valence electrons. The number of amides is 1. The van der Waals surface area contributed by atoms with E-state index >= 15 is 0 Å². The van der Waals surface area contributed by atoms with Gasteiger partial charge in [0, 0.05) is 17.0 Å². The van der Waals surface area contributed by atoms with Gasteiger partial charge in [-0.05, 0) is 60.2 Å². The van der Waals surface area contributed by atoms with Crippen LogP contribution >= 0.6 is 11.3 Å². The number of oxazole rings is 1. The molecule has 0 aliphatic carbocycles. The Bertz CT molecular complexity index is 1280. The lowest BCUT2D eigenvalue weighted by Crippen LogP contribution is -2.40. The number of fused-ring (bicyclic) bond motifs is 1. The molecule has 0 saturated heterocycles. The van der Waals surface area contributed by atoms with Crippen molar-refractivity contribution in [1.29, 1.82) is 0 Å². The highest BCUT2D eigenvalue weighted by Gasteiger charge is 2.36. The number of aromatic nitrogens is 1. The number of hydrogen-bond acceptors (Lipinski definition) is 6. The van der Waals surface area contributed by atoms with Gasteiger partial charge in [0.25, 0.3) is 5.91 Å². The van der Waals surface area contributed by atoms with Gasteiger partial charge in [-0.15, -0.1) is 11.3 Å². The Morgan fingerprint density at radius 3 is 2.55 bits per heavy atom. The summed E-state index contributed by atoms with van der Waals surface area (Å²) in [6.07, 6.45) is 0.714. The van der Waals surface area contributed by atoms with Crippen LogP contribution in [-0.4, -0.2) is 36.6 Å². The fraction of sp³-hybridized carbons (Fsp3) is 0.231. The normalized spacial score (nSPS) is 15.2. The average Bonchev–Trinajstić information content (AvgIpc) is 3.52. The van der Waals surface area contributed by atoms with Crippen molar-refractivity contribution in [1.82, 2.24) is 9.88 Å². The van der Waals surface area contributed by atoms with Crippen molar-refractivity contribution in [2.24, 2.45) is 0 Å². The predicted molar refractivity (Wildman–Crippen MR) is 127 cm³/mol. The molecule has 4 aromatic rings. The van der Waals surface area contributed by atoms with Crippen molar-refractivity contribution in [3.63, 3.8) is 0 Å². The minimum atomic E-state index is -0.239. The van der Waals surface area contributed by atoms with Crippen LogP contribution in [0.1, 0.15) is 38.3 Å². The van der Waals surface area contributed by atoms with Crippen LogP contribution in [0.25, 0.3) is 11.5 Å². The lowest BCUT2D eigenvalue weighted by Gasteiger charge is -2.37. The maximum atomic E-state index is 13.8. The fourth-order valence-corrected chi connectivity index (χ4v) is 5.21. The molecular formula is C26H24N2O4S. The number of carbonyl (C=O) groups is 1. The summed E-state index contributed by atoms with van der Waals surface area (Å²) >= 11 is 1.63. The molecule has 0 radical (unpaired) electrons. The third-order valence-corrected chi connectivity index (χ3v) is 6.89. The monoisotopic (exact) mass is 460 g/mol. The molecule has 3 heterocycles. The van der Waals surface area contributed by atoms with Gasteiger partial charge in [-0.3, -0.25) is 4.79 Å². The van der Waals surface area contributed by atoms with E-state index in [1.165, 1.54) is 0 Å². The van der Waals surface area contributed by atoms with Gasteiger partial charge >= 0.3 is 0 Å². The standard InChI is InChI=1S/C26H24N2O4S/c1-16-23(27-25(32-16)17-8-5-4-6-9-17)26(29)28-12-11-18-14-20(30-2)21(31-3)15-19(18)24(28)22-10-7-13-33-22/h4-10,13-15,24H,11-12H2,1-3H3. The van der Waals surface area contributed by atoms with Gasteiger partial charge in [-0.2, -0.15) is 0 Å². The van der Waals surface area contributed by atoms with Crippen LogP contribution in [0, 0.1) is 6.92 Å². The molecule has 0 saturated carbocycles. The lowest BCUT2D eigenvalue weighted by molar-refractivity contribution is 0.0689. The molecule has 1 unspecified atom stereocenters. The van der Waals surface area contributed by atoms with Crippen molar-refractivity contribution < 1.29 is 18.7 Å². The molecule has 1 aliphatic heterocycles. The second-order valence-electron chi connectivity index (χ2n) is 7.86. The van der Waals surface area contributed by atoms with Crippen LogP contribution in [0.15, 0.2) is 64.4 Å². The van der Waals surface area contributed by atoms with Crippen molar-refractivity contribution in [3.05, 3.63) is 87.4 Å². The first kappa shape index (κ1) is 21.3. The van der Waals surface area contributed by atoms with Gasteiger partial charge in [-0.25, -0.2) is 4.98 Å². The molecule has 2 aromatic heterocycles. The maximum Gasteiger partial charge on any atom is 0.276 e. The highest BCUT2D eigenvalue weighted by Crippen LogP contribution is 2.42. The molecule has 0 fully saturated rings. The van der Waals surface area contributed by atoms with Crippen molar-refractivity contribution >= 4 is 17.2 Å². The summed E-state index contributed by atoms with van der Waals surface area (Å²) in [5, 5.41) is 2.03. The average molecular weight is 461 g/mol. The summed E-state index contributed by atoms with van der Waals surface area (Å²) in [5.74, 6) is 2.17. The first-order valence-corrected chi connectivity index (χ1v) is 11.6. The molecule has 1 atom stereocenters. The molecule has 2 aromatic carbocycles. The minimum absolute atomic E-state index is 0.141. The van der Waals surface area contributed by atoms with Gasteiger partial charge in [0.05, 0.1) is 20.3 Å². The van der Waals surface area contributed by atoms with Gasteiger partial charge in [-0.1, -0.05) is 24.3 Å². The van der Waals surface area contributed by atoms with E-state index in [-0.39, 0.29) is 11.9 Å². The Labute approximate surface area is 196 Å². The first-order chi connectivity index (χ1) is 16.1. The number of rotatable bonds is 5. The Hall–Kier alpha value is -3.58. The van der Waals surface area contributed by atoms with Crippen LogP contribution < -0.4 is 9.47 Å². The van der Waals surface area contributed by atoms with E-state index in [9.17, 15) is 4.79 Å². The van der Waals surface area contributed by atoms with E-state index in [0.717, 1.165) is 21.6 Å². The van der Waals surface area contributed by atoms with Crippen molar-refractivity contribution in [2.75, 3.05) is 20.8 Å². The van der Waals surface area contributed by atoms with E-state index in [0.29, 0.717) is 41.8 Å². The number of methoxy groups -OCH3 is 2. The number of carbonyl (C=O) groups excluding carboxylic acids is 1. The largest absolute Gasteiger partial charge is 0.493 e. The Morgan fingerprint density at radius 1 is 1.09 bits per heavy atom. The first-order valence-electron chi connectivity index (χ1n) is 10.7. The molecule has 1 amide bonds. The number of benzene rings is 2. The summed E-state index contributed by atoms with van der Waals surface area (Å²) in [6, 6.07) is 17.5. The van der Waals surface area contributed by atoms with Crippen LogP contribution in [0.5, 0.6) is 11.5 Å². The Morgan fingerprint density at radius 2 is 1.85 bits per heavy atom. The van der Waals surface area contributed by atoms with E-state index in [1.807, 2.05) is 58.8 Å². The van der Waals surface area contributed by atoms with Gasteiger partial charge in [0.15, 0.2) is 17.2 Å². The van der Waals surface area contributed by atoms with E-state index in [2.05, 4.69) is 11.1 Å². The zero-order valence-corrected chi connectivity index (χ0v) is 19.5. The lowest BCUT2D eigenvalue weighted by atomic mass is 9.90. The van der Waals surface area contributed by atoms with E-state index in [1.54, 1.807) is 32.5 Å². The highest BCUT2D eigenvalue weighted by atomic mass is 32.1. The smallest absolute Gasteiger partial charge is 0.276 e. The number of ether oxygens (including phenoxy) is 2. The van der Waals surface area contributed by atoms with Crippen molar-refractivity contribution in [2.45, 2.75) is 19.4 Å². The molecule has 0 spiro atoms. The zero-order valence-electron chi connectivity index (χ0n) is 18.7. The third kappa shape index (κ3) is 3.78. The van der Waals surface area contributed by atoms with E-state index < -0.39 is 0 Å². The van der Waals surface area contributed by atoms with Gasteiger partial charge in [0.2, 0.25) is 5.89 Å². The predicted octanol–water partition coefficient (Wildman–Crippen LogP) is 5.52. The number of aryl methyl sites for hydroxylation is 1. The summed E-state index contributed by atoms with van der Waals surface area (Å²) in [6.45, 7) is 2.36. The van der Waals surface area contributed by atoms with Crippen molar-refractivity contribution in [3.8, 4) is 23.0 Å². The second-order valence-corrected chi connectivity index (χ2v) is 8.84. The highest BCUT2D eigenvalue weighted by molar-refractivity contribution is 7.10. The Balaban J connectivity index is 1.57. The summed E-state index contributed by atoms with van der Waals surface area (Å²) in [7, 11) is 3.26. The molecular weight excluding hydrogens is 436 g/mol. The summed E-state index contributed by atoms with van der Waals surface area (Å²) < 4.78 is 17.0. The molecule has 7 heteroatoms. The van der Waals surface area contributed by atoms with Crippen LogP contribution in [0.3, 0.4) is 0 Å². The SMILES string of the molecule is COc1cc2c(cc1OC)C(c1cccs1)N(C(=O)c1nc(-c3ccccc3)oc1C)CC2. The molecule has 6 nitrogen and oxygen atoms in total. The van der Waals surface area contributed by atoms with E-state index in [4.69, 9.17) is 13.9 Å². The summed E-state index contributed by atoms with van der Waals surface area (Å²) in [4.78, 5) is 21.4. The fourth-order valence-electron chi connectivity index (χ4n) is 4.35. The topological polar surface area (TPSA) is 64.8 Å². The van der Waals surface area contributed by atoms with Crippen LogP contribution in [0.2, 0.25) is 0 Å². The quantitative estimate of drug-likeness (QED) is 0.393. The van der Waals surface area contributed by atoms with Crippen LogP contribution in [-0.2, 0) is 6.42 Å².